The number of likely N-dealkylation sites (tertiary alicyclic amines) is 2. The van der Waals surface area contributed by atoms with Crippen LogP contribution in [0.1, 0.15) is 46.5 Å². The van der Waals surface area contributed by atoms with Crippen molar-refractivity contribution in [3.05, 3.63) is 0 Å². The molecule has 0 atom stereocenters. The Labute approximate surface area is 125 Å². The average Bonchev–Trinajstić information content (AvgIpc) is 2.45. The molecule has 0 bridgehead atoms. The second kappa shape index (κ2) is 7.24. The first kappa shape index (κ1) is 16.3. The van der Waals surface area contributed by atoms with Gasteiger partial charge in [-0.25, -0.2) is 0 Å². The third kappa shape index (κ3) is 4.44. The minimum atomic E-state index is 0.496. The number of piperidine rings is 2. The van der Waals surface area contributed by atoms with Crippen molar-refractivity contribution in [3.63, 3.8) is 0 Å². The molecule has 0 spiro atoms. The highest BCUT2D eigenvalue weighted by Crippen LogP contribution is 2.35. The zero-order valence-corrected chi connectivity index (χ0v) is 14.0. The fourth-order valence-electron chi connectivity index (χ4n) is 3.86. The first-order valence-corrected chi connectivity index (χ1v) is 8.46. The normalized spacial score (nSPS) is 25.2. The number of ether oxygens (including phenoxy) is 1. The number of nitrogens with zero attached hydrogens (tertiary/aromatic N) is 2. The van der Waals surface area contributed by atoms with E-state index in [0.717, 1.165) is 25.1 Å². The molecule has 3 heteroatoms. The highest BCUT2D eigenvalue weighted by Gasteiger charge is 2.32. The number of hydrogen-bond acceptors (Lipinski definition) is 3. The summed E-state index contributed by atoms with van der Waals surface area (Å²) in [5.41, 5.74) is 0.496. The Hall–Kier alpha value is -0.120. The molecule has 0 aromatic heterocycles. The van der Waals surface area contributed by atoms with Crippen molar-refractivity contribution in [2.75, 3.05) is 46.4 Å². The van der Waals surface area contributed by atoms with E-state index in [0.29, 0.717) is 5.41 Å². The maximum absolute atomic E-state index is 5.18. The van der Waals surface area contributed by atoms with E-state index in [4.69, 9.17) is 4.74 Å². The zero-order valence-electron chi connectivity index (χ0n) is 14.0. The maximum Gasteiger partial charge on any atom is 0.0589 e. The minimum absolute atomic E-state index is 0.496. The summed E-state index contributed by atoms with van der Waals surface area (Å²) in [6.07, 6.45) is 5.49. The van der Waals surface area contributed by atoms with Crippen LogP contribution in [0.15, 0.2) is 0 Å². The molecule has 0 radical (unpaired) electrons. The van der Waals surface area contributed by atoms with E-state index in [9.17, 15) is 0 Å². The fourth-order valence-corrected chi connectivity index (χ4v) is 3.86. The van der Waals surface area contributed by atoms with Crippen LogP contribution in [0.25, 0.3) is 0 Å². The monoisotopic (exact) mass is 282 g/mol. The number of hydrogen-bond donors (Lipinski definition) is 0. The van der Waals surface area contributed by atoms with Gasteiger partial charge in [-0.05, 0) is 63.2 Å². The lowest BCUT2D eigenvalue weighted by Crippen LogP contribution is -2.49. The van der Waals surface area contributed by atoms with E-state index in [-0.39, 0.29) is 0 Å². The lowest BCUT2D eigenvalue weighted by molar-refractivity contribution is 0.0460. The predicted molar refractivity (Wildman–Crippen MR) is 85.1 cm³/mol. The van der Waals surface area contributed by atoms with Gasteiger partial charge in [-0.2, -0.15) is 0 Å². The lowest BCUT2D eigenvalue weighted by Gasteiger charge is -2.44. The zero-order chi connectivity index (χ0) is 14.6. The van der Waals surface area contributed by atoms with Gasteiger partial charge < -0.3 is 14.5 Å². The second-order valence-corrected chi connectivity index (χ2v) is 7.74. The molecule has 0 unspecified atom stereocenters. The van der Waals surface area contributed by atoms with Crippen molar-refractivity contribution in [3.8, 4) is 0 Å². The topological polar surface area (TPSA) is 15.7 Å². The molecule has 2 rings (SSSR count). The molecule has 0 aromatic rings. The van der Waals surface area contributed by atoms with Crippen LogP contribution in [0.2, 0.25) is 0 Å². The van der Waals surface area contributed by atoms with Gasteiger partial charge in [-0.3, -0.25) is 0 Å². The van der Waals surface area contributed by atoms with Gasteiger partial charge in [0.2, 0.25) is 0 Å². The van der Waals surface area contributed by atoms with Gasteiger partial charge in [0.1, 0.15) is 0 Å². The summed E-state index contributed by atoms with van der Waals surface area (Å²) in [6.45, 7) is 14.4. The van der Waals surface area contributed by atoms with Gasteiger partial charge in [-0.1, -0.05) is 20.8 Å². The van der Waals surface area contributed by atoms with Gasteiger partial charge in [0.25, 0.3) is 0 Å². The van der Waals surface area contributed by atoms with Crippen LogP contribution in [-0.4, -0.2) is 62.3 Å². The standard InChI is InChI=1S/C17H34N2O/c1-17(2,3)15-5-11-19(12-6-15)16-7-9-18(10-8-16)13-14-20-4/h15-16H,5-14H2,1-4H3. The number of rotatable bonds is 4. The third-order valence-electron chi connectivity index (χ3n) is 5.44. The van der Waals surface area contributed by atoms with E-state index >= 15 is 0 Å². The second-order valence-electron chi connectivity index (χ2n) is 7.74. The first-order valence-electron chi connectivity index (χ1n) is 8.46. The summed E-state index contributed by atoms with van der Waals surface area (Å²) in [6, 6.07) is 0.842. The molecule has 3 nitrogen and oxygen atoms in total. The summed E-state index contributed by atoms with van der Waals surface area (Å²) >= 11 is 0. The molecule has 0 N–H and O–H groups in total. The van der Waals surface area contributed by atoms with Crippen LogP contribution >= 0.6 is 0 Å². The van der Waals surface area contributed by atoms with Crippen LogP contribution in [0.5, 0.6) is 0 Å². The van der Waals surface area contributed by atoms with Gasteiger partial charge in [0, 0.05) is 19.7 Å². The average molecular weight is 282 g/mol. The Balaban J connectivity index is 1.70. The Morgan fingerprint density at radius 1 is 0.950 bits per heavy atom. The van der Waals surface area contributed by atoms with Crippen molar-refractivity contribution < 1.29 is 4.74 Å². The van der Waals surface area contributed by atoms with Crippen LogP contribution in [0.3, 0.4) is 0 Å². The highest BCUT2D eigenvalue weighted by atomic mass is 16.5. The van der Waals surface area contributed by atoms with Crippen molar-refractivity contribution in [1.82, 2.24) is 9.80 Å². The smallest absolute Gasteiger partial charge is 0.0589 e. The molecule has 0 aromatic carbocycles. The molecule has 0 amide bonds. The van der Waals surface area contributed by atoms with Gasteiger partial charge in [0.15, 0.2) is 0 Å². The van der Waals surface area contributed by atoms with Crippen molar-refractivity contribution >= 4 is 0 Å². The quantitative estimate of drug-likeness (QED) is 0.788. The van der Waals surface area contributed by atoms with Gasteiger partial charge >= 0.3 is 0 Å². The first-order chi connectivity index (χ1) is 9.50. The molecule has 2 heterocycles. The molecular formula is C17H34N2O. The molecule has 118 valence electrons. The molecular weight excluding hydrogens is 248 g/mol. The van der Waals surface area contributed by atoms with Crippen LogP contribution in [-0.2, 0) is 4.74 Å². The molecule has 2 aliphatic heterocycles. The van der Waals surface area contributed by atoms with Crippen LogP contribution in [0.4, 0.5) is 0 Å². The third-order valence-corrected chi connectivity index (χ3v) is 5.44. The largest absolute Gasteiger partial charge is 0.383 e. The molecule has 0 saturated carbocycles. The molecule has 0 aliphatic carbocycles. The van der Waals surface area contributed by atoms with Gasteiger partial charge in [0.05, 0.1) is 6.61 Å². The van der Waals surface area contributed by atoms with Crippen molar-refractivity contribution in [2.45, 2.75) is 52.5 Å². The van der Waals surface area contributed by atoms with E-state index in [1.807, 2.05) is 0 Å². The van der Waals surface area contributed by atoms with E-state index < -0.39 is 0 Å². The van der Waals surface area contributed by atoms with Crippen LogP contribution in [0, 0.1) is 11.3 Å². The van der Waals surface area contributed by atoms with Gasteiger partial charge in [-0.15, -0.1) is 0 Å². The van der Waals surface area contributed by atoms with E-state index in [1.54, 1.807) is 7.11 Å². The SMILES string of the molecule is COCCN1CCC(N2CCC(C(C)(C)C)CC2)CC1. The predicted octanol–water partition coefficient (Wildman–Crippen LogP) is 2.86. The highest BCUT2D eigenvalue weighted by molar-refractivity contribution is 4.86. The number of methoxy groups -OCH3 is 1. The van der Waals surface area contributed by atoms with E-state index in [1.165, 1.54) is 51.9 Å². The Morgan fingerprint density at radius 2 is 1.55 bits per heavy atom. The molecule has 2 aliphatic rings. The lowest BCUT2D eigenvalue weighted by atomic mass is 9.75. The summed E-state index contributed by atoms with van der Waals surface area (Å²) in [5.74, 6) is 0.917. The Bertz CT molecular complexity index is 271. The fraction of sp³-hybridized carbons (Fsp3) is 1.00. The Kier molecular flexibility index (Phi) is 5.88. The van der Waals surface area contributed by atoms with Crippen LogP contribution < -0.4 is 0 Å². The maximum atomic E-state index is 5.18. The molecule has 2 fully saturated rings. The van der Waals surface area contributed by atoms with Crippen molar-refractivity contribution in [2.24, 2.45) is 11.3 Å². The summed E-state index contributed by atoms with van der Waals surface area (Å²) in [7, 11) is 1.80. The molecule has 2 saturated heterocycles. The summed E-state index contributed by atoms with van der Waals surface area (Å²) in [5, 5.41) is 0. The summed E-state index contributed by atoms with van der Waals surface area (Å²) in [4.78, 5) is 5.33. The molecule has 20 heavy (non-hydrogen) atoms. The minimum Gasteiger partial charge on any atom is -0.383 e. The van der Waals surface area contributed by atoms with Crippen molar-refractivity contribution in [1.29, 1.82) is 0 Å². The Morgan fingerprint density at radius 3 is 2.05 bits per heavy atom. The summed E-state index contributed by atoms with van der Waals surface area (Å²) < 4.78 is 5.18. The van der Waals surface area contributed by atoms with E-state index in [2.05, 4.69) is 30.6 Å².